The molecule has 0 bridgehead atoms. The highest BCUT2D eigenvalue weighted by Crippen LogP contribution is 2.21. The molecule has 24 heavy (non-hydrogen) atoms. The average molecular weight is 353 g/mol. The first-order chi connectivity index (χ1) is 11.1. The van der Waals surface area contributed by atoms with E-state index in [1.807, 2.05) is 52.0 Å². The van der Waals surface area contributed by atoms with E-state index in [0.29, 0.717) is 32.6 Å². The zero-order valence-corrected chi connectivity index (χ0v) is 15.9. The van der Waals surface area contributed by atoms with Gasteiger partial charge in [0.25, 0.3) is 0 Å². The first-order valence-corrected chi connectivity index (χ1v) is 9.99. The summed E-state index contributed by atoms with van der Waals surface area (Å²) >= 11 is 0. The molecule has 0 N–H and O–H groups in total. The minimum atomic E-state index is -3.35. The fourth-order valence-electron chi connectivity index (χ4n) is 2.84. The molecule has 1 amide bonds. The minimum absolute atomic E-state index is 0.0234. The largest absolute Gasteiger partial charge is 0.340 e. The van der Waals surface area contributed by atoms with Crippen molar-refractivity contribution in [3.63, 3.8) is 0 Å². The molecule has 6 heteroatoms. The van der Waals surface area contributed by atoms with Crippen LogP contribution in [0, 0.1) is 12.3 Å². The summed E-state index contributed by atoms with van der Waals surface area (Å²) in [5, 5.41) is 0. The quantitative estimate of drug-likeness (QED) is 0.836. The fraction of sp³-hybridized carbons (Fsp3) is 0.611. The first-order valence-electron chi connectivity index (χ1n) is 8.39. The maximum atomic E-state index is 12.6. The standard InChI is InChI=1S/C18H28N2O3S/c1-15-7-5-6-8-16(15)14-24(22,23)20-11-9-19(10-12-20)17(21)13-18(2,3)4/h5-8H,9-14H2,1-4H3. The number of carbonyl (C=O) groups excluding carboxylic acids is 1. The predicted octanol–water partition coefficient (Wildman–Crippen LogP) is 2.41. The van der Waals surface area contributed by atoms with E-state index >= 15 is 0 Å². The number of benzene rings is 1. The molecule has 0 unspecified atom stereocenters. The lowest BCUT2D eigenvalue weighted by Gasteiger charge is -2.35. The highest BCUT2D eigenvalue weighted by molar-refractivity contribution is 7.88. The van der Waals surface area contributed by atoms with Gasteiger partial charge in [0.05, 0.1) is 5.75 Å². The van der Waals surface area contributed by atoms with E-state index in [2.05, 4.69) is 0 Å². The summed E-state index contributed by atoms with van der Waals surface area (Å²) in [5.74, 6) is 0.133. The fourth-order valence-corrected chi connectivity index (χ4v) is 4.46. The van der Waals surface area contributed by atoms with Crippen LogP contribution in [0.2, 0.25) is 0 Å². The molecule has 0 saturated carbocycles. The lowest BCUT2D eigenvalue weighted by Crippen LogP contribution is -2.51. The Hall–Kier alpha value is -1.40. The Balaban J connectivity index is 1.96. The molecule has 1 aliphatic rings. The van der Waals surface area contributed by atoms with Gasteiger partial charge in [0.1, 0.15) is 0 Å². The molecule has 1 heterocycles. The van der Waals surface area contributed by atoms with Crippen LogP contribution in [0.25, 0.3) is 0 Å². The van der Waals surface area contributed by atoms with Crippen molar-refractivity contribution in [3.05, 3.63) is 35.4 Å². The van der Waals surface area contributed by atoms with Gasteiger partial charge >= 0.3 is 0 Å². The Bertz CT molecular complexity index is 684. The van der Waals surface area contributed by atoms with Crippen molar-refractivity contribution >= 4 is 15.9 Å². The van der Waals surface area contributed by atoms with Gasteiger partial charge in [0.15, 0.2) is 0 Å². The molecule has 0 radical (unpaired) electrons. The molecule has 1 aromatic carbocycles. The highest BCUT2D eigenvalue weighted by Gasteiger charge is 2.30. The van der Waals surface area contributed by atoms with Gasteiger partial charge in [-0.05, 0) is 23.5 Å². The Morgan fingerprint density at radius 2 is 1.67 bits per heavy atom. The summed E-state index contributed by atoms with van der Waals surface area (Å²) in [5.41, 5.74) is 1.77. The molecule has 0 aromatic heterocycles. The summed E-state index contributed by atoms with van der Waals surface area (Å²) in [7, 11) is -3.35. The first kappa shape index (κ1) is 18.9. The van der Waals surface area contributed by atoms with Gasteiger partial charge in [-0.2, -0.15) is 4.31 Å². The van der Waals surface area contributed by atoms with E-state index in [1.54, 1.807) is 4.90 Å². The van der Waals surface area contributed by atoms with Gasteiger partial charge in [-0.25, -0.2) is 8.42 Å². The molecule has 0 spiro atoms. The van der Waals surface area contributed by atoms with Crippen LogP contribution in [-0.4, -0.2) is 49.7 Å². The van der Waals surface area contributed by atoms with E-state index in [0.717, 1.165) is 11.1 Å². The molecule has 1 saturated heterocycles. The van der Waals surface area contributed by atoms with E-state index in [-0.39, 0.29) is 17.1 Å². The van der Waals surface area contributed by atoms with Crippen LogP contribution in [0.1, 0.15) is 38.3 Å². The number of sulfonamides is 1. The van der Waals surface area contributed by atoms with Crippen LogP contribution < -0.4 is 0 Å². The second-order valence-electron chi connectivity index (χ2n) is 7.70. The van der Waals surface area contributed by atoms with Crippen molar-refractivity contribution in [1.82, 2.24) is 9.21 Å². The highest BCUT2D eigenvalue weighted by atomic mass is 32.2. The normalized spacial score (nSPS) is 17.1. The molecule has 0 aliphatic carbocycles. The van der Waals surface area contributed by atoms with E-state index < -0.39 is 10.0 Å². The van der Waals surface area contributed by atoms with Crippen LogP contribution in [0.15, 0.2) is 24.3 Å². The molecule has 1 aliphatic heterocycles. The average Bonchev–Trinajstić information content (AvgIpc) is 2.48. The van der Waals surface area contributed by atoms with E-state index in [9.17, 15) is 13.2 Å². The van der Waals surface area contributed by atoms with Crippen molar-refractivity contribution in [2.75, 3.05) is 26.2 Å². The molecule has 2 rings (SSSR count). The van der Waals surface area contributed by atoms with E-state index in [1.165, 1.54) is 4.31 Å². The molecule has 5 nitrogen and oxygen atoms in total. The van der Waals surface area contributed by atoms with Gasteiger partial charge in [0.2, 0.25) is 15.9 Å². The van der Waals surface area contributed by atoms with Gasteiger partial charge in [-0.15, -0.1) is 0 Å². The summed E-state index contributed by atoms with van der Waals surface area (Å²) < 4.78 is 26.8. The van der Waals surface area contributed by atoms with Gasteiger partial charge in [-0.3, -0.25) is 4.79 Å². The Morgan fingerprint density at radius 1 is 1.08 bits per heavy atom. The Morgan fingerprint density at radius 3 is 2.21 bits per heavy atom. The number of piperazine rings is 1. The predicted molar refractivity (Wildman–Crippen MR) is 96.0 cm³/mol. The van der Waals surface area contributed by atoms with Crippen LogP contribution >= 0.6 is 0 Å². The van der Waals surface area contributed by atoms with Gasteiger partial charge in [0, 0.05) is 32.6 Å². The summed E-state index contributed by atoms with van der Waals surface area (Å²) in [4.78, 5) is 14.0. The maximum absolute atomic E-state index is 12.6. The summed E-state index contributed by atoms with van der Waals surface area (Å²) in [6, 6.07) is 7.55. The second kappa shape index (κ2) is 7.23. The van der Waals surface area contributed by atoms with Crippen molar-refractivity contribution in [2.45, 2.75) is 39.9 Å². The SMILES string of the molecule is Cc1ccccc1CS(=O)(=O)N1CCN(C(=O)CC(C)(C)C)CC1. The summed E-state index contributed by atoms with van der Waals surface area (Å²) in [6.07, 6.45) is 0.489. The number of nitrogens with zero attached hydrogens (tertiary/aromatic N) is 2. The molecular formula is C18H28N2O3S. The lowest BCUT2D eigenvalue weighted by atomic mass is 9.91. The monoisotopic (exact) mass is 352 g/mol. The number of hydrogen-bond acceptors (Lipinski definition) is 3. The summed E-state index contributed by atoms with van der Waals surface area (Å²) in [6.45, 7) is 9.74. The van der Waals surface area contributed by atoms with Crippen LogP contribution in [0.5, 0.6) is 0 Å². The number of amides is 1. The molecule has 0 atom stereocenters. The zero-order valence-electron chi connectivity index (χ0n) is 15.1. The molecule has 1 fully saturated rings. The van der Waals surface area contributed by atoms with Crippen LogP contribution in [0.3, 0.4) is 0 Å². The lowest BCUT2D eigenvalue weighted by molar-refractivity contribution is -0.134. The maximum Gasteiger partial charge on any atom is 0.223 e. The Labute approximate surface area is 145 Å². The van der Waals surface area contributed by atoms with Crippen LogP contribution in [-0.2, 0) is 20.6 Å². The zero-order chi connectivity index (χ0) is 18.0. The minimum Gasteiger partial charge on any atom is -0.340 e. The second-order valence-corrected chi connectivity index (χ2v) is 9.67. The van der Waals surface area contributed by atoms with Crippen LogP contribution in [0.4, 0.5) is 0 Å². The van der Waals surface area contributed by atoms with Crippen molar-refractivity contribution in [1.29, 1.82) is 0 Å². The van der Waals surface area contributed by atoms with E-state index in [4.69, 9.17) is 0 Å². The Kier molecular flexibility index (Phi) is 5.71. The third-order valence-corrected chi connectivity index (χ3v) is 6.09. The smallest absolute Gasteiger partial charge is 0.223 e. The molecule has 134 valence electrons. The van der Waals surface area contributed by atoms with Crippen molar-refractivity contribution < 1.29 is 13.2 Å². The number of carbonyl (C=O) groups is 1. The van der Waals surface area contributed by atoms with Gasteiger partial charge < -0.3 is 4.90 Å². The number of rotatable bonds is 4. The third-order valence-electron chi connectivity index (χ3n) is 4.27. The topological polar surface area (TPSA) is 57.7 Å². The third kappa shape index (κ3) is 5.05. The van der Waals surface area contributed by atoms with Gasteiger partial charge in [-0.1, -0.05) is 45.0 Å². The molecular weight excluding hydrogens is 324 g/mol. The number of aryl methyl sites for hydroxylation is 1. The number of hydrogen-bond donors (Lipinski definition) is 0. The van der Waals surface area contributed by atoms with Crippen molar-refractivity contribution in [3.8, 4) is 0 Å². The molecule has 1 aromatic rings. The van der Waals surface area contributed by atoms with Crippen molar-refractivity contribution in [2.24, 2.45) is 5.41 Å².